The first-order valence-corrected chi connectivity index (χ1v) is 9.36. The Morgan fingerprint density at radius 3 is 2.38 bits per heavy atom. The van der Waals surface area contributed by atoms with Crippen LogP contribution in [0, 0.1) is 0 Å². The molecule has 0 unspecified atom stereocenters. The number of nitrogens with one attached hydrogen (secondary N) is 1. The van der Waals surface area contributed by atoms with Crippen LogP contribution in [-0.2, 0) is 29.4 Å². The Balaban J connectivity index is 2.46. The van der Waals surface area contributed by atoms with E-state index in [0.717, 1.165) is 4.90 Å². The minimum absolute atomic E-state index is 0.310. The van der Waals surface area contributed by atoms with Gasteiger partial charge in [0.25, 0.3) is 0 Å². The Morgan fingerprint density at radius 2 is 1.95 bits per heavy atom. The van der Waals surface area contributed by atoms with Gasteiger partial charge >= 0.3 is 5.97 Å². The fraction of sp³-hybridized carbons (Fsp3) is 0.800. The number of carboxylic acids is 1. The Hall–Kier alpha value is -1.20. The Bertz CT molecular complexity index is 710. The van der Waals surface area contributed by atoms with Gasteiger partial charge < -0.3 is 10.0 Å². The average Bonchev–Trinajstić information content (AvgIpc) is 2.49. The molecule has 1 amide bonds. The van der Waals surface area contributed by atoms with Gasteiger partial charge in [0.15, 0.2) is 15.2 Å². The first-order chi connectivity index (χ1) is 9.38. The Kier molecular flexibility index (Phi) is 3.39. The van der Waals surface area contributed by atoms with Crippen molar-refractivity contribution in [1.29, 1.82) is 0 Å². The highest BCUT2D eigenvalue weighted by Crippen LogP contribution is 2.46. The number of nitrogens with zero attached hydrogens (tertiary/aromatic N) is 1. The topological polar surface area (TPSA) is 138 Å². The molecule has 2 saturated heterocycles. The normalized spacial score (nSPS) is 33.4. The SMILES string of the molecule is CCS(=O)(=O)N[C@@H]1C(=O)N2[C@@H](C(=O)O)C(C)(C)S(=O)(=O)[C@H]12. The molecule has 21 heavy (non-hydrogen) atoms. The molecular weight excluding hydrogens is 324 g/mol. The highest BCUT2D eigenvalue weighted by atomic mass is 32.2. The van der Waals surface area contributed by atoms with Crippen LogP contribution < -0.4 is 4.72 Å². The lowest BCUT2D eigenvalue weighted by atomic mass is 9.96. The number of sulfonamides is 1. The lowest BCUT2D eigenvalue weighted by Crippen LogP contribution is -2.72. The third-order valence-corrected chi connectivity index (χ3v) is 8.19. The van der Waals surface area contributed by atoms with Crippen LogP contribution in [0.15, 0.2) is 0 Å². The van der Waals surface area contributed by atoms with Crippen molar-refractivity contribution in [1.82, 2.24) is 9.62 Å². The first kappa shape index (κ1) is 16.2. The fourth-order valence-electron chi connectivity index (χ4n) is 2.69. The van der Waals surface area contributed by atoms with Gasteiger partial charge in [0.2, 0.25) is 15.9 Å². The standard InChI is InChI=1S/C10H16N2O7S2/c1-4-20(16,17)11-5-7(13)12-6(9(14)15)10(2,3)21(18,19)8(5)12/h5-6,8,11H,4H2,1-3H3,(H,14,15)/t5-,6+,8-/m1/s1. The summed E-state index contributed by atoms with van der Waals surface area (Å²) in [6.45, 7) is 3.78. The summed E-state index contributed by atoms with van der Waals surface area (Å²) in [4.78, 5) is 24.0. The van der Waals surface area contributed by atoms with Gasteiger partial charge in [0.05, 0.1) is 5.75 Å². The summed E-state index contributed by atoms with van der Waals surface area (Å²) in [6, 6.07) is -2.98. The van der Waals surface area contributed by atoms with Crippen LogP contribution in [0.4, 0.5) is 0 Å². The third-order valence-electron chi connectivity index (χ3n) is 3.99. The molecule has 120 valence electrons. The highest BCUT2D eigenvalue weighted by Gasteiger charge is 2.72. The summed E-state index contributed by atoms with van der Waals surface area (Å²) in [5.74, 6) is -2.58. The zero-order valence-electron chi connectivity index (χ0n) is 11.6. The van der Waals surface area contributed by atoms with E-state index >= 15 is 0 Å². The maximum atomic E-state index is 12.4. The number of amides is 1. The zero-order valence-corrected chi connectivity index (χ0v) is 13.2. The number of carboxylic acid groups (broad SMARTS) is 1. The predicted octanol–water partition coefficient (Wildman–Crippen LogP) is -1.88. The molecule has 11 heteroatoms. The first-order valence-electron chi connectivity index (χ1n) is 6.17. The van der Waals surface area contributed by atoms with Gasteiger partial charge in [-0.05, 0) is 20.8 Å². The third kappa shape index (κ3) is 1.98. The number of rotatable bonds is 4. The molecule has 9 nitrogen and oxygen atoms in total. The second-order valence-corrected chi connectivity index (χ2v) is 10.2. The molecule has 2 heterocycles. The molecule has 2 N–H and O–H groups in total. The van der Waals surface area contributed by atoms with Crippen molar-refractivity contribution >= 4 is 31.7 Å². The molecule has 0 aromatic heterocycles. The molecule has 0 radical (unpaired) electrons. The maximum absolute atomic E-state index is 12.4. The van der Waals surface area contributed by atoms with Crippen molar-refractivity contribution in [2.45, 2.75) is 43.0 Å². The van der Waals surface area contributed by atoms with Crippen LogP contribution in [0.1, 0.15) is 20.8 Å². The van der Waals surface area contributed by atoms with Crippen LogP contribution in [0.5, 0.6) is 0 Å². The lowest BCUT2D eigenvalue weighted by Gasteiger charge is -2.42. The minimum Gasteiger partial charge on any atom is -0.480 e. The molecule has 0 saturated carbocycles. The van der Waals surface area contributed by atoms with Crippen LogP contribution in [0.3, 0.4) is 0 Å². The molecular formula is C10H16N2O7S2. The summed E-state index contributed by atoms with van der Waals surface area (Å²) in [7, 11) is -7.81. The van der Waals surface area contributed by atoms with E-state index in [0.29, 0.717) is 0 Å². The van der Waals surface area contributed by atoms with Crippen molar-refractivity contribution in [3.63, 3.8) is 0 Å². The van der Waals surface area contributed by atoms with Crippen molar-refractivity contribution in [2.24, 2.45) is 0 Å². The highest BCUT2D eigenvalue weighted by molar-refractivity contribution is 7.94. The molecule has 0 spiro atoms. The predicted molar refractivity (Wildman–Crippen MR) is 71.4 cm³/mol. The number of sulfone groups is 1. The number of fused-ring (bicyclic) bond motifs is 1. The van der Waals surface area contributed by atoms with E-state index < -0.39 is 53.9 Å². The van der Waals surface area contributed by atoms with Crippen molar-refractivity contribution in [3.8, 4) is 0 Å². The van der Waals surface area contributed by atoms with E-state index in [9.17, 15) is 31.5 Å². The lowest BCUT2D eigenvalue weighted by molar-refractivity contribution is -0.159. The van der Waals surface area contributed by atoms with Gasteiger partial charge in [-0.1, -0.05) is 0 Å². The summed E-state index contributed by atoms with van der Waals surface area (Å²) < 4.78 is 48.3. The summed E-state index contributed by atoms with van der Waals surface area (Å²) >= 11 is 0. The minimum atomic E-state index is -4.03. The largest absolute Gasteiger partial charge is 0.480 e. The number of aliphatic carboxylic acids is 1. The van der Waals surface area contributed by atoms with E-state index in [1.165, 1.54) is 20.8 Å². The molecule has 0 bridgehead atoms. The molecule has 2 aliphatic rings. The Labute approximate surface area is 122 Å². The number of hydrogen-bond donors (Lipinski definition) is 2. The summed E-state index contributed by atoms with van der Waals surface area (Å²) in [6.07, 6.45) is 0. The van der Waals surface area contributed by atoms with Gasteiger partial charge in [-0.3, -0.25) is 4.79 Å². The number of carbonyl (C=O) groups is 2. The van der Waals surface area contributed by atoms with Crippen LogP contribution in [0.25, 0.3) is 0 Å². The average molecular weight is 340 g/mol. The van der Waals surface area contributed by atoms with Gasteiger partial charge in [-0.15, -0.1) is 0 Å². The van der Waals surface area contributed by atoms with Gasteiger partial charge in [-0.2, -0.15) is 4.72 Å². The van der Waals surface area contributed by atoms with Crippen molar-refractivity contribution in [2.75, 3.05) is 5.75 Å². The maximum Gasteiger partial charge on any atom is 0.328 e. The van der Waals surface area contributed by atoms with Gasteiger partial charge in [0.1, 0.15) is 16.8 Å². The molecule has 0 aromatic carbocycles. The van der Waals surface area contributed by atoms with E-state index in [2.05, 4.69) is 0 Å². The second kappa shape index (κ2) is 4.40. The Morgan fingerprint density at radius 1 is 1.43 bits per heavy atom. The monoisotopic (exact) mass is 340 g/mol. The van der Waals surface area contributed by atoms with Crippen LogP contribution in [0.2, 0.25) is 0 Å². The molecule has 3 atom stereocenters. The molecule has 2 aliphatic heterocycles. The van der Waals surface area contributed by atoms with Crippen LogP contribution >= 0.6 is 0 Å². The van der Waals surface area contributed by atoms with Crippen molar-refractivity contribution in [3.05, 3.63) is 0 Å². The summed E-state index contributed by atoms with van der Waals surface area (Å²) in [5, 5.41) is 7.72. The molecule has 0 aliphatic carbocycles. The molecule has 2 rings (SSSR count). The number of β-lactam (4-membered cyclic amide) rings is 1. The number of hydrogen-bond acceptors (Lipinski definition) is 6. The van der Waals surface area contributed by atoms with Gasteiger partial charge in [0, 0.05) is 0 Å². The van der Waals surface area contributed by atoms with Gasteiger partial charge in [-0.25, -0.2) is 21.6 Å². The fourth-order valence-corrected chi connectivity index (χ4v) is 5.78. The molecule has 0 aromatic rings. The van der Waals surface area contributed by atoms with E-state index in [-0.39, 0.29) is 5.75 Å². The quantitative estimate of drug-likeness (QED) is 0.571. The zero-order chi connectivity index (χ0) is 16.4. The summed E-state index contributed by atoms with van der Waals surface area (Å²) in [5.41, 5.74) is 0. The second-order valence-electron chi connectivity index (χ2n) is 5.52. The number of carbonyl (C=O) groups excluding carboxylic acids is 1. The van der Waals surface area contributed by atoms with Crippen molar-refractivity contribution < 1.29 is 31.5 Å². The smallest absolute Gasteiger partial charge is 0.328 e. The van der Waals surface area contributed by atoms with E-state index in [1.807, 2.05) is 4.72 Å². The van der Waals surface area contributed by atoms with Crippen LogP contribution in [-0.4, -0.2) is 66.7 Å². The molecule has 2 fully saturated rings. The van der Waals surface area contributed by atoms with E-state index in [1.54, 1.807) is 0 Å². The van der Waals surface area contributed by atoms with E-state index in [4.69, 9.17) is 0 Å².